The van der Waals surface area contributed by atoms with Gasteiger partial charge in [0, 0.05) is 20.3 Å². The molecule has 1 saturated heterocycles. The normalized spacial score (nSPS) is 31.0. The van der Waals surface area contributed by atoms with Crippen molar-refractivity contribution in [2.75, 3.05) is 26.9 Å². The van der Waals surface area contributed by atoms with Gasteiger partial charge < -0.3 is 9.64 Å². The maximum absolute atomic E-state index is 12.3. The lowest BCUT2D eigenvalue weighted by atomic mass is 9.98. The van der Waals surface area contributed by atoms with Gasteiger partial charge in [-0.05, 0) is 38.0 Å². The fourth-order valence-electron chi connectivity index (χ4n) is 2.56. The van der Waals surface area contributed by atoms with E-state index in [9.17, 15) is 4.79 Å². The Morgan fingerprint density at radius 1 is 1.47 bits per heavy atom. The molecule has 2 rings (SSSR count). The lowest BCUT2D eigenvalue weighted by molar-refractivity contribution is -0.132. The van der Waals surface area contributed by atoms with Gasteiger partial charge in [-0.15, -0.1) is 0 Å². The monoisotopic (exact) mass is 240 g/mol. The van der Waals surface area contributed by atoms with Crippen LogP contribution >= 0.6 is 0 Å². The van der Waals surface area contributed by atoms with Crippen molar-refractivity contribution in [3.05, 3.63) is 0 Å². The number of carbonyl (C=O) groups excluding carboxylic acids is 1. The van der Waals surface area contributed by atoms with Crippen LogP contribution in [0.3, 0.4) is 0 Å². The van der Waals surface area contributed by atoms with Crippen LogP contribution in [0.1, 0.15) is 39.5 Å². The summed E-state index contributed by atoms with van der Waals surface area (Å²) in [5.74, 6) is 0.267. The highest BCUT2D eigenvalue weighted by Gasteiger charge is 2.48. The second kappa shape index (κ2) is 4.58. The summed E-state index contributed by atoms with van der Waals surface area (Å²) >= 11 is 0. The maximum Gasteiger partial charge on any atom is 0.243 e. The largest absolute Gasteiger partial charge is 0.385 e. The number of carbonyl (C=O) groups is 1. The van der Waals surface area contributed by atoms with E-state index in [4.69, 9.17) is 4.74 Å². The number of methoxy groups -OCH3 is 1. The summed E-state index contributed by atoms with van der Waals surface area (Å²) in [5, 5.41) is 3.33. The minimum absolute atomic E-state index is 0.267. The van der Waals surface area contributed by atoms with Crippen LogP contribution in [-0.4, -0.2) is 43.3 Å². The molecule has 1 atom stereocenters. The van der Waals surface area contributed by atoms with Crippen LogP contribution in [0.15, 0.2) is 0 Å². The van der Waals surface area contributed by atoms with Gasteiger partial charge in [0.25, 0.3) is 0 Å². The lowest BCUT2D eigenvalue weighted by Gasteiger charge is -2.24. The first-order chi connectivity index (χ1) is 8.05. The SMILES string of the molecule is CCC1(C)NCN(CC2(CCOC)CC2)C1=O. The fourth-order valence-corrected chi connectivity index (χ4v) is 2.56. The molecule has 2 aliphatic rings. The highest BCUT2D eigenvalue weighted by atomic mass is 16.5. The van der Waals surface area contributed by atoms with E-state index in [1.165, 1.54) is 12.8 Å². The lowest BCUT2D eigenvalue weighted by Crippen LogP contribution is -2.43. The van der Waals surface area contributed by atoms with Gasteiger partial charge >= 0.3 is 0 Å². The molecule has 1 heterocycles. The van der Waals surface area contributed by atoms with Crippen LogP contribution in [0.5, 0.6) is 0 Å². The summed E-state index contributed by atoms with van der Waals surface area (Å²) in [6.45, 7) is 6.48. The molecule has 1 N–H and O–H groups in total. The van der Waals surface area contributed by atoms with Crippen molar-refractivity contribution < 1.29 is 9.53 Å². The second-order valence-electron chi connectivity index (χ2n) is 5.77. The first kappa shape index (κ1) is 12.8. The number of hydrogen-bond donors (Lipinski definition) is 1. The van der Waals surface area contributed by atoms with Crippen LogP contribution in [0.25, 0.3) is 0 Å². The molecule has 17 heavy (non-hydrogen) atoms. The molecule has 0 radical (unpaired) electrons. The molecule has 0 bridgehead atoms. The van der Waals surface area contributed by atoms with E-state index in [0.717, 1.165) is 26.0 Å². The quantitative estimate of drug-likeness (QED) is 0.762. The van der Waals surface area contributed by atoms with Crippen LogP contribution in [-0.2, 0) is 9.53 Å². The predicted molar refractivity (Wildman–Crippen MR) is 66.6 cm³/mol. The van der Waals surface area contributed by atoms with Crippen LogP contribution in [0.4, 0.5) is 0 Å². The minimum Gasteiger partial charge on any atom is -0.385 e. The zero-order chi connectivity index (χ0) is 12.5. The van der Waals surface area contributed by atoms with Gasteiger partial charge in [-0.25, -0.2) is 0 Å². The van der Waals surface area contributed by atoms with E-state index in [1.54, 1.807) is 7.11 Å². The zero-order valence-corrected chi connectivity index (χ0v) is 11.2. The molecule has 1 unspecified atom stereocenters. The van der Waals surface area contributed by atoms with Crippen molar-refractivity contribution in [2.24, 2.45) is 5.41 Å². The second-order valence-corrected chi connectivity index (χ2v) is 5.77. The van der Waals surface area contributed by atoms with E-state index in [0.29, 0.717) is 12.1 Å². The average Bonchev–Trinajstić information content (AvgIpc) is 3.05. The average molecular weight is 240 g/mol. The summed E-state index contributed by atoms with van der Waals surface area (Å²) in [7, 11) is 1.74. The number of rotatable bonds is 6. The Balaban J connectivity index is 1.91. The number of nitrogens with one attached hydrogen (secondary N) is 1. The van der Waals surface area contributed by atoms with E-state index in [2.05, 4.69) is 12.2 Å². The Labute approximate surface area is 104 Å². The third kappa shape index (κ3) is 2.47. The molecular weight excluding hydrogens is 216 g/mol. The molecule has 1 saturated carbocycles. The molecule has 0 aromatic heterocycles. The van der Waals surface area contributed by atoms with Crippen LogP contribution in [0.2, 0.25) is 0 Å². The van der Waals surface area contributed by atoms with Crippen molar-refractivity contribution in [1.29, 1.82) is 0 Å². The summed E-state index contributed by atoms with van der Waals surface area (Å²) in [6.07, 6.45) is 4.41. The van der Waals surface area contributed by atoms with E-state index in [-0.39, 0.29) is 11.4 Å². The minimum atomic E-state index is -0.336. The van der Waals surface area contributed by atoms with E-state index < -0.39 is 0 Å². The van der Waals surface area contributed by atoms with Gasteiger partial charge in [0.15, 0.2) is 0 Å². The summed E-state index contributed by atoms with van der Waals surface area (Å²) in [6, 6.07) is 0. The standard InChI is InChI=1S/C13H24N2O2/c1-4-12(2)11(16)15(10-14-12)9-13(5-6-13)7-8-17-3/h14H,4-10H2,1-3H3. The fraction of sp³-hybridized carbons (Fsp3) is 0.923. The van der Waals surface area contributed by atoms with Gasteiger partial charge in [0.1, 0.15) is 0 Å². The number of ether oxygens (including phenoxy) is 1. The molecule has 0 aromatic carbocycles. The Morgan fingerprint density at radius 2 is 2.18 bits per heavy atom. The molecule has 1 aliphatic carbocycles. The van der Waals surface area contributed by atoms with E-state index in [1.807, 2.05) is 11.8 Å². The smallest absolute Gasteiger partial charge is 0.243 e. The molecule has 1 aliphatic heterocycles. The Bertz CT molecular complexity index is 302. The first-order valence-electron chi connectivity index (χ1n) is 6.59. The number of nitrogens with zero attached hydrogens (tertiary/aromatic N) is 1. The summed E-state index contributed by atoms with van der Waals surface area (Å²) in [5.41, 5.74) is 0.0175. The van der Waals surface area contributed by atoms with Crippen molar-refractivity contribution in [2.45, 2.75) is 45.1 Å². The maximum atomic E-state index is 12.3. The molecular formula is C13H24N2O2. The van der Waals surface area contributed by atoms with Crippen molar-refractivity contribution in [3.8, 4) is 0 Å². The molecule has 2 fully saturated rings. The molecule has 98 valence electrons. The zero-order valence-electron chi connectivity index (χ0n) is 11.2. The highest BCUT2D eigenvalue weighted by Crippen LogP contribution is 2.49. The Hall–Kier alpha value is -0.610. The van der Waals surface area contributed by atoms with Crippen molar-refractivity contribution >= 4 is 5.91 Å². The molecule has 0 spiro atoms. The van der Waals surface area contributed by atoms with Crippen LogP contribution in [0, 0.1) is 5.41 Å². The summed E-state index contributed by atoms with van der Waals surface area (Å²) < 4.78 is 5.15. The number of hydrogen-bond acceptors (Lipinski definition) is 3. The predicted octanol–water partition coefficient (Wildman–Crippen LogP) is 1.36. The first-order valence-corrected chi connectivity index (χ1v) is 6.59. The topological polar surface area (TPSA) is 41.6 Å². The van der Waals surface area contributed by atoms with Gasteiger partial charge in [-0.2, -0.15) is 0 Å². The summed E-state index contributed by atoms with van der Waals surface area (Å²) in [4.78, 5) is 14.3. The third-order valence-electron chi connectivity index (χ3n) is 4.45. The Kier molecular flexibility index (Phi) is 3.46. The van der Waals surface area contributed by atoms with E-state index >= 15 is 0 Å². The van der Waals surface area contributed by atoms with Crippen molar-refractivity contribution in [1.82, 2.24) is 10.2 Å². The highest BCUT2D eigenvalue weighted by molar-refractivity contribution is 5.87. The molecule has 0 aromatic rings. The molecule has 1 amide bonds. The van der Waals surface area contributed by atoms with Gasteiger partial charge in [-0.3, -0.25) is 10.1 Å². The molecule has 4 heteroatoms. The van der Waals surface area contributed by atoms with Gasteiger partial charge in [0.2, 0.25) is 5.91 Å². The van der Waals surface area contributed by atoms with Crippen LogP contribution < -0.4 is 5.32 Å². The van der Waals surface area contributed by atoms with Gasteiger partial charge in [0.05, 0.1) is 12.2 Å². The third-order valence-corrected chi connectivity index (χ3v) is 4.45. The number of amides is 1. The van der Waals surface area contributed by atoms with Gasteiger partial charge in [-0.1, -0.05) is 6.92 Å². The Morgan fingerprint density at radius 3 is 2.65 bits per heavy atom. The molecule has 4 nitrogen and oxygen atoms in total. The van der Waals surface area contributed by atoms with Crippen molar-refractivity contribution in [3.63, 3.8) is 0 Å².